The molecular weight excluding hydrogens is 262 g/mol. The molecule has 0 aliphatic carbocycles. The van der Waals surface area contributed by atoms with Crippen LogP contribution in [0.1, 0.15) is 17.1 Å². The Morgan fingerprint density at radius 1 is 1.33 bits per heavy atom. The summed E-state index contributed by atoms with van der Waals surface area (Å²) in [6.45, 7) is 2.22. The Kier molecular flexibility index (Phi) is 2.48. The van der Waals surface area contributed by atoms with Crippen molar-refractivity contribution in [1.29, 1.82) is 0 Å². The first-order valence-electron chi connectivity index (χ1n) is 4.24. The van der Waals surface area contributed by atoms with Crippen molar-refractivity contribution in [3.05, 3.63) is 28.0 Å². The summed E-state index contributed by atoms with van der Waals surface area (Å²) in [5, 5.41) is 0. The Morgan fingerprint density at radius 3 is 2.92 bits per heavy atom. The maximum absolute atomic E-state index is 4.62. The zero-order valence-electron chi connectivity index (χ0n) is 7.08. The summed E-state index contributed by atoms with van der Waals surface area (Å²) in [7, 11) is 0. The van der Waals surface area contributed by atoms with Gasteiger partial charge in [-0.2, -0.15) is 0 Å². The van der Waals surface area contributed by atoms with E-state index in [0.29, 0.717) is 0 Å². The third-order valence-electron chi connectivity index (χ3n) is 1.80. The van der Waals surface area contributed by atoms with Crippen LogP contribution in [0.5, 0.6) is 0 Å². The number of hydrogen-bond acceptors (Lipinski definition) is 1. The first kappa shape index (κ1) is 8.29. The van der Waals surface area contributed by atoms with Gasteiger partial charge < -0.3 is 0 Å². The van der Waals surface area contributed by atoms with Crippen LogP contribution in [0.4, 0.5) is 0 Å². The summed E-state index contributed by atoms with van der Waals surface area (Å²) in [4.78, 5) is 4.62. The van der Waals surface area contributed by atoms with Gasteiger partial charge in [0.1, 0.15) is 0 Å². The molecule has 0 bridgehead atoms. The van der Waals surface area contributed by atoms with E-state index in [1.165, 1.54) is 25.5 Å². The molecule has 0 radical (unpaired) electrons. The van der Waals surface area contributed by atoms with Crippen LogP contribution in [0.2, 0.25) is 0 Å². The summed E-state index contributed by atoms with van der Waals surface area (Å²) in [6.07, 6.45) is 2.44. The second kappa shape index (κ2) is 3.60. The van der Waals surface area contributed by atoms with Crippen LogP contribution in [0.3, 0.4) is 0 Å². The first-order valence-corrected chi connectivity index (χ1v) is 6.57. The van der Waals surface area contributed by atoms with Crippen LogP contribution in [-0.2, 0) is 6.42 Å². The van der Waals surface area contributed by atoms with Gasteiger partial charge in [0, 0.05) is 0 Å². The van der Waals surface area contributed by atoms with Crippen LogP contribution in [0, 0.1) is 0 Å². The van der Waals surface area contributed by atoms with Crippen molar-refractivity contribution >= 4 is 29.3 Å². The maximum atomic E-state index is 4.62. The first-order chi connectivity index (χ1) is 5.90. The third-order valence-corrected chi connectivity index (χ3v) is 4.93. The fourth-order valence-electron chi connectivity index (χ4n) is 1.24. The van der Waals surface area contributed by atoms with E-state index in [4.69, 9.17) is 0 Å². The molecule has 1 nitrogen and oxygen atoms in total. The Bertz CT molecular complexity index is 345. The molecule has 0 aliphatic heterocycles. The van der Waals surface area contributed by atoms with Crippen molar-refractivity contribution in [2.45, 2.75) is 19.8 Å². The summed E-state index contributed by atoms with van der Waals surface area (Å²) in [5.41, 5.74) is 1.24. The molecule has 0 atom stereocenters. The van der Waals surface area contributed by atoms with Crippen LogP contribution in [0.25, 0.3) is 8.92 Å². The van der Waals surface area contributed by atoms with E-state index in [9.17, 15) is 0 Å². The average molecular weight is 273 g/mol. The van der Waals surface area contributed by atoms with E-state index >= 15 is 0 Å². The monoisotopic (exact) mass is 275 g/mol. The fraction of sp³-hybridized carbons (Fsp3) is 0.300. The van der Waals surface area contributed by atoms with Gasteiger partial charge in [-0.25, -0.2) is 0 Å². The second-order valence-electron chi connectivity index (χ2n) is 2.83. The van der Waals surface area contributed by atoms with Gasteiger partial charge in [0.25, 0.3) is 0 Å². The minimum atomic E-state index is -0.0768. The molecule has 0 amide bonds. The Morgan fingerprint density at radius 2 is 2.17 bits per heavy atom. The minimum absolute atomic E-state index is 0.0768. The Balaban J connectivity index is 2.47. The number of fused-ring (bicyclic) bond motifs is 1. The summed E-state index contributed by atoms with van der Waals surface area (Å²) >= 11 is -0.0768. The molecule has 1 aromatic heterocycles. The zero-order valence-corrected chi connectivity index (χ0v) is 9.41. The molecule has 1 heterocycles. The van der Waals surface area contributed by atoms with E-state index < -0.39 is 0 Å². The van der Waals surface area contributed by atoms with Gasteiger partial charge in [-0.05, 0) is 0 Å². The van der Waals surface area contributed by atoms with Crippen LogP contribution in [-0.4, -0.2) is 25.4 Å². The summed E-state index contributed by atoms with van der Waals surface area (Å²) in [5.74, 6) is 0. The van der Waals surface area contributed by atoms with E-state index in [2.05, 4.69) is 36.2 Å². The predicted molar refractivity (Wildman–Crippen MR) is 52.7 cm³/mol. The van der Waals surface area contributed by atoms with Crippen LogP contribution < -0.4 is 0 Å². The molecule has 0 aliphatic rings. The van der Waals surface area contributed by atoms with Crippen molar-refractivity contribution in [3.8, 4) is 0 Å². The normalized spacial score (nSPS) is 10.8. The number of nitrogens with zero attached hydrogens (tertiary/aromatic N) is 1. The molecular formula is C10H11NTe. The van der Waals surface area contributed by atoms with Crippen molar-refractivity contribution in [1.82, 2.24) is 4.98 Å². The Hall–Kier alpha value is -0.320. The number of rotatable bonds is 2. The quantitative estimate of drug-likeness (QED) is 0.764. The SMILES string of the molecule is CCCc1nc2ccccc2[te]1. The van der Waals surface area contributed by atoms with Crippen molar-refractivity contribution in [3.63, 3.8) is 0 Å². The molecule has 0 N–H and O–H groups in total. The standard InChI is InChI=1S/C10H11NTe/c1-2-5-10-11-8-6-3-4-7-9(8)12-10/h3-4,6-7H,2,5H2,1H3. The van der Waals surface area contributed by atoms with Gasteiger partial charge in [0.15, 0.2) is 0 Å². The zero-order chi connectivity index (χ0) is 8.39. The van der Waals surface area contributed by atoms with Gasteiger partial charge in [-0.3, -0.25) is 0 Å². The van der Waals surface area contributed by atoms with Crippen molar-refractivity contribution in [2.75, 3.05) is 0 Å². The van der Waals surface area contributed by atoms with Gasteiger partial charge in [0.2, 0.25) is 0 Å². The molecule has 62 valence electrons. The van der Waals surface area contributed by atoms with E-state index in [-0.39, 0.29) is 20.4 Å². The number of aryl methyl sites for hydroxylation is 1. The number of aromatic nitrogens is 1. The molecule has 0 spiro atoms. The van der Waals surface area contributed by atoms with E-state index in [1.807, 2.05) is 0 Å². The number of hydrogen-bond donors (Lipinski definition) is 0. The topological polar surface area (TPSA) is 12.9 Å². The van der Waals surface area contributed by atoms with Gasteiger partial charge in [-0.1, -0.05) is 0 Å². The molecule has 0 saturated heterocycles. The molecule has 1 aromatic carbocycles. The Labute approximate surface area is 82.1 Å². The number of benzene rings is 1. The van der Waals surface area contributed by atoms with Crippen molar-refractivity contribution in [2.24, 2.45) is 0 Å². The molecule has 12 heavy (non-hydrogen) atoms. The summed E-state index contributed by atoms with van der Waals surface area (Å²) < 4.78 is 3.00. The van der Waals surface area contributed by atoms with Crippen molar-refractivity contribution < 1.29 is 0 Å². The second-order valence-corrected chi connectivity index (χ2v) is 6.01. The fourth-order valence-corrected chi connectivity index (χ4v) is 4.29. The molecule has 0 unspecified atom stereocenters. The van der Waals surface area contributed by atoms with Gasteiger partial charge in [-0.15, -0.1) is 0 Å². The third kappa shape index (κ3) is 1.55. The van der Waals surface area contributed by atoms with Crippen LogP contribution in [0.15, 0.2) is 24.3 Å². The summed E-state index contributed by atoms with van der Waals surface area (Å²) in [6, 6.07) is 8.55. The molecule has 0 fully saturated rings. The van der Waals surface area contributed by atoms with Crippen LogP contribution >= 0.6 is 0 Å². The average Bonchev–Trinajstić information content (AvgIpc) is 2.47. The molecule has 2 heteroatoms. The van der Waals surface area contributed by atoms with Gasteiger partial charge in [0.05, 0.1) is 0 Å². The van der Waals surface area contributed by atoms with E-state index in [1.54, 1.807) is 0 Å². The molecule has 0 saturated carbocycles. The molecule has 2 rings (SSSR count). The van der Waals surface area contributed by atoms with Gasteiger partial charge >= 0.3 is 82.1 Å². The number of para-hydroxylation sites is 1. The predicted octanol–water partition coefficient (Wildman–Crippen LogP) is 2.24. The van der Waals surface area contributed by atoms with E-state index in [0.717, 1.165) is 0 Å². The molecule has 2 aromatic rings.